The van der Waals surface area contributed by atoms with E-state index in [-0.39, 0.29) is 0 Å². The van der Waals surface area contributed by atoms with Gasteiger partial charge in [0.15, 0.2) is 0 Å². The molecule has 1 aromatic heterocycles. The predicted octanol–water partition coefficient (Wildman–Crippen LogP) is 1.99. The van der Waals surface area contributed by atoms with Gasteiger partial charge in [0.05, 0.1) is 0 Å². The molecule has 3 heterocycles. The minimum Gasteiger partial charge on any atom is -0.353 e. The number of carbonyl (C=O) groups excluding carboxylic acids is 1. The molecule has 0 radical (unpaired) electrons. The average Bonchev–Trinajstić information content (AvgIpc) is 2.62. The van der Waals surface area contributed by atoms with Crippen molar-refractivity contribution in [3.05, 3.63) is 24.4 Å². The summed E-state index contributed by atoms with van der Waals surface area (Å²) in [6.07, 6.45) is 7.39. The lowest BCUT2D eigenvalue weighted by Crippen LogP contribution is -2.49. The molecule has 5 heteroatoms. The summed E-state index contributed by atoms with van der Waals surface area (Å²) in [6, 6.07) is 6.59. The Morgan fingerprint density at radius 1 is 1.17 bits per heavy atom. The third-order valence-corrected chi connectivity index (χ3v) is 5.22. The molecule has 1 aromatic rings. The molecule has 126 valence electrons. The van der Waals surface area contributed by atoms with Crippen molar-refractivity contribution in [2.75, 3.05) is 44.7 Å². The fourth-order valence-electron chi connectivity index (χ4n) is 3.68. The molecule has 0 aromatic carbocycles. The summed E-state index contributed by atoms with van der Waals surface area (Å²) in [7, 11) is 2.19. The van der Waals surface area contributed by atoms with Crippen LogP contribution in [0.25, 0.3) is 0 Å². The molecule has 0 aliphatic carbocycles. The summed E-state index contributed by atoms with van der Waals surface area (Å²) in [4.78, 5) is 23.6. The summed E-state index contributed by atoms with van der Waals surface area (Å²) < 4.78 is 0. The van der Waals surface area contributed by atoms with E-state index in [0.717, 1.165) is 38.4 Å². The highest BCUT2D eigenvalue weighted by atomic mass is 16.2. The third kappa shape index (κ3) is 4.22. The summed E-state index contributed by atoms with van der Waals surface area (Å²) in [5.74, 6) is 1.34. The Balaban J connectivity index is 1.43. The number of piperazine rings is 1. The second-order valence-corrected chi connectivity index (χ2v) is 6.72. The Bertz CT molecular complexity index is 499. The molecule has 2 aliphatic heterocycles. The number of aromatic nitrogens is 1. The molecule has 0 saturated carbocycles. The Hall–Kier alpha value is -1.62. The quantitative estimate of drug-likeness (QED) is 0.852. The highest BCUT2D eigenvalue weighted by molar-refractivity contribution is 5.76. The maximum Gasteiger partial charge on any atom is 0.222 e. The fraction of sp³-hybridized carbons (Fsp3) is 0.667. The molecule has 0 N–H and O–H groups in total. The van der Waals surface area contributed by atoms with Crippen LogP contribution in [0.15, 0.2) is 24.4 Å². The smallest absolute Gasteiger partial charge is 0.222 e. The number of pyridine rings is 1. The van der Waals surface area contributed by atoms with Gasteiger partial charge in [0.1, 0.15) is 5.82 Å². The number of carbonyl (C=O) groups is 1. The Morgan fingerprint density at radius 2 is 2.00 bits per heavy atom. The van der Waals surface area contributed by atoms with Crippen LogP contribution in [0, 0.1) is 0 Å². The monoisotopic (exact) mass is 316 g/mol. The van der Waals surface area contributed by atoms with Crippen molar-refractivity contribution in [3.8, 4) is 0 Å². The molecular weight excluding hydrogens is 288 g/mol. The first-order valence-corrected chi connectivity index (χ1v) is 8.88. The van der Waals surface area contributed by atoms with Crippen molar-refractivity contribution >= 4 is 11.7 Å². The molecular formula is C18H28N4O. The van der Waals surface area contributed by atoms with Crippen LogP contribution in [-0.2, 0) is 4.79 Å². The molecule has 2 saturated heterocycles. The normalized spacial score (nSPS) is 23.1. The summed E-state index contributed by atoms with van der Waals surface area (Å²) in [5.41, 5.74) is 0. The first-order chi connectivity index (χ1) is 11.2. The second kappa shape index (κ2) is 7.77. The first-order valence-electron chi connectivity index (χ1n) is 8.88. The van der Waals surface area contributed by atoms with E-state index in [4.69, 9.17) is 0 Å². The molecule has 5 nitrogen and oxygen atoms in total. The van der Waals surface area contributed by atoms with Crippen LogP contribution in [-0.4, -0.2) is 66.5 Å². The van der Waals surface area contributed by atoms with Crippen molar-refractivity contribution < 1.29 is 4.79 Å². The maximum atomic E-state index is 12.5. The largest absolute Gasteiger partial charge is 0.353 e. The van der Waals surface area contributed by atoms with E-state index in [9.17, 15) is 4.79 Å². The topological polar surface area (TPSA) is 39.7 Å². The van der Waals surface area contributed by atoms with Crippen molar-refractivity contribution in [1.82, 2.24) is 14.8 Å². The van der Waals surface area contributed by atoms with E-state index in [1.165, 1.54) is 25.8 Å². The lowest BCUT2D eigenvalue weighted by Gasteiger charge is -2.36. The minimum absolute atomic E-state index is 0.324. The number of hydrogen-bond donors (Lipinski definition) is 0. The summed E-state index contributed by atoms with van der Waals surface area (Å²) in [5, 5.41) is 0. The number of piperidine rings is 1. The van der Waals surface area contributed by atoms with Gasteiger partial charge < -0.3 is 14.7 Å². The standard InChI is InChI=1S/C18H28N4O/c1-20-11-5-3-6-16(20)8-9-18(23)22-14-12-21(13-15-22)17-7-2-4-10-19-17/h2,4,7,10,16H,3,5-6,8-9,11-15H2,1H3. The highest BCUT2D eigenvalue weighted by Gasteiger charge is 2.24. The molecule has 2 fully saturated rings. The van der Waals surface area contributed by atoms with Crippen LogP contribution < -0.4 is 4.90 Å². The Morgan fingerprint density at radius 3 is 2.70 bits per heavy atom. The first kappa shape index (κ1) is 16.2. The van der Waals surface area contributed by atoms with E-state index in [1.807, 2.05) is 29.3 Å². The second-order valence-electron chi connectivity index (χ2n) is 6.72. The van der Waals surface area contributed by atoms with Crippen LogP contribution in [0.2, 0.25) is 0 Å². The molecule has 2 aliphatic rings. The molecule has 0 spiro atoms. The third-order valence-electron chi connectivity index (χ3n) is 5.22. The number of rotatable bonds is 4. The summed E-state index contributed by atoms with van der Waals surface area (Å²) >= 11 is 0. The zero-order chi connectivity index (χ0) is 16.1. The van der Waals surface area contributed by atoms with E-state index >= 15 is 0 Å². The van der Waals surface area contributed by atoms with Crippen LogP contribution in [0.4, 0.5) is 5.82 Å². The van der Waals surface area contributed by atoms with Crippen LogP contribution in [0.5, 0.6) is 0 Å². The SMILES string of the molecule is CN1CCCCC1CCC(=O)N1CCN(c2ccccn2)CC1. The van der Waals surface area contributed by atoms with Crippen molar-refractivity contribution in [1.29, 1.82) is 0 Å². The zero-order valence-electron chi connectivity index (χ0n) is 14.2. The van der Waals surface area contributed by atoms with Gasteiger partial charge in [-0.15, -0.1) is 0 Å². The Labute approximate surface area is 139 Å². The molecule has 1 amide bonds. The van der Waals surface area contributed by atoms with Crippen LogP contribution in [0.1, 0.15) is 32.1 Å². The fourth-order valence-corrected chi connectivity index (χ4v) is 3.68. The number of likely N-dealkylation sites (tertiary alicyclic amines) is 1. The summed E-state index contributed by atoms with van der Waals surface area (Å²) in [6.45, 7) is 4.58. The molecule has 3 rings (SSSR count). The van der Waals surface area contributed by atoms with E-state index in [2.05, 4.69) is 21.8 Å². The number of nitrogens with zero attached hydrogens (tertiary/aromatic N) is 4. The van der Waals surface area contributed by atoms with E-state index in [1.54, 1.807) is 0 Å². The van der Waals surface area contributed by atoms with Gasteiger partial charge >= 0.3 is 0 Å². The Kier molecular flexibility index (Phi) is 5.49. The number of anilines is 1. The van der Waals surface area contributed by atoms with Gasteiger partial charge in [-0.3, -0.25) is 4.79 Å². The van der Waals surface area contributed by atoms with Crippen molar-refractivity contribution in [2.24, 2.45) is 0 Å². The van der Waals surface area contributed by atoms with Gasteiger partial charge in [0.25, 0.3) is 0 Å². The molecule has 23 heavy (non-hydrogen) atoms. The average molecular weight is 316 g/mol. The van der Waals surface area contributed by atoms with Gasteiger partial charge in [-0.05, 0) is 45.0 Å². The molecule has 1 unspecified atom stereocenters. The number of hydrogen-bond acceptors (Lipinski definition) is 4. The zero-order valence-corrected chi connectivity index (χ0v) is 14.2. The molecule has 1 atom stereocenters. The van der Waals surface area contributed by atoms with E-state index in [0.29, 0.717) is 18.4 Å². The lowest BCUT2D eigenvalue weighted by atomic mass is 9.98. The van der Waals surface area contributed by atoms with Gasteiger partial charge in [-0.2, -0.15) is 0 Å². The van der Waals surface area contributed by atoms with Gasteiger partial charge in [-0.25, -0.2) is 4.98 Å². The predicted molar refractivity (Wildman–Crippen MR) is 92.5 cm³/mol. The highest BCUT2D eigenvalue weighted by Crippen LogP contribution is 2.20. The van der Waals surface area contributed by atoms with E-state index < -0.39 is 0 Å². The maximum absolute atomic E-state index is 12.5. The van der Waals surface area contributed by atoms with Gasteiger partial charge in [0, 0.05) is 44.8 Å². The van der Waals surface area contributed by atoms with Gasteiger partial charge in [0.2, 0.25) is 5.91 Å². The lowest BCUT2D eigenvalue weighted by molar-refractivity contribution is -0.131. The van der Waals surface area contributed by atoms with Crippen LogP contribution in [0.3, 0.4) is 0 Å². The van der Waals surface area contributed by atoms with Crippen molar-refractivity contribution in [2.45, 2.75) is 38.1 Å². The molecule has 0 bridgehead atoms. The van der Waals surface area contributed by atoms with Gasteiger partial charge in [-0.1, -0.05) is 12.5 Å². The van der Waals surface area contributed by atoms with Crippen molar-refractivity contribution in [3.63, 3.8) is 0 Å². The minimum atomic E-state index is 0.324. The van der Waals surface area contributed by atoms with Crippen LogP contribution >= 0.6 is 0 Å². The number of amides is 1.